The molecular formula is C5H4N2OSe. The molecule has 0 saturated carbocycles. The van der Waals surface area contributed by atoms with E-state index in [1.165, 1.54) is 0 Å². The predicted molar refractivity (Wildman–Crippen MR) is 35.9 cm³/mol. The first-order valence-electron chi connectivity index (χ1n) is 2.50. The van der Waals surface area contributed by atoms with Gasteiger partial charge in [0.05, 0.1) is 0 Å². The van der Waals surface area contributed by atoms with Crippen LogP contribution in [0.1, 0.15) is 0 Å². The topological polar surface area (TPSA) is 48.6 Å². The zero-order valence-electron chi connectivity index (χ0n) is 4.47. The molecule has 0 aliphatic heterocycles. The third-order valence-corrected chi connectivity index (χ3v) is 2.72. The van der Waals surface area contributed by atoms with Crippen molar-refractivity contribution in [3.63, 3.8) is 0 Å². The summed E-state index contributed by atoms with van der Waals surface area (Å²) in [6, 6.07) is 0. The Bertz CT molecular complexity index is 338. The van der Waals surface area contributed by atoms with Gasteiger partial charge in [-0.15, -0.1) is 0 Å². The van der Waals surface area contributed by atoms with Gasteiger partial charge in [-0.3, -0.25) is 0 Å². The molecule has 0 spiro atoms. The van der Waals surface area contributed by atoms with Crippen LogP contribution in [0.4, 0.5) is 0 Å². The molecule has 0 aliphatic carbocycles. The van der Waals surface area contributed by atoms with Gasteiger partial charge in [-0.2, -0.15) is 0 Å². The fraction of sp³-hybridized carbons (Fsp3) is 0. The van der Waals surface area contributed by atoms with E-state index in [0.29, 0.717) is 14.5 Å². The van der Waals surface area contributed by atoms with Crippen LogP contribution in [-0.2, 0) is 0 Å². The van der Waals surface area contributed by atoms with E-state index in [0.717, 1.165) is 11.0 Å². The van der Waals surface area contributed by atoms with Gasteiger partial charge in [-0.05, 0) is 0 Å². The van der Waals surface area contributed by atoms with E-state index in [-0.39, 0.29) is 5.69 Å². The average molecular weight is 187 g/mol. The van der Waals surface area contributed by atoms with Crippen molar-refractivity contribution in [1.82, 2.24) is 9.97 Å². The van der Waals surface area contributed by atoms with Gasteiger partial charge in [0.25, 0.3) is 0 Å². The monoisotopic (exact) mass is 188 g/mol. The van der Waals surface area contributed by atoms with Gasteiger partial charge in [0.2, 0.25) is 0 Å². The van der Waals surface area contributed by atoms with Crippen molar-refractivity contribution in [2.75, 3.05) is 0 Å². The molecule has 0 aliphatic rings. The molecule has 0 saturated heterocycles. The fourth-order valence-electron chi connectivity index (χ4n) is 0.767. The van der Waals surface area contributed by atoms with Crippen molar-refractivity contribution in [2.45, 2.75) is 0 Å². The van der Waals surface area contributed by atoms with Crippen molar-refractivity contribution >= 4 is 25.5 Å². The maximum atomic E-state index is 10.6. The Kier molecular flexibility index (Phi) is 0.917. The van der Waals surface area contributed by atoms with E-state index in [1.807, 2.05) is 9.88 Å². The van der Waals surface area contributed by atoms with Gasteiger partial charge in [0.1, 0.15) is 0 Å². The minimum absolute atomic E-state index is 0.108. The summed E-state index contributed by atoms with van der Waals surface area (Å²) in [5.41, 5.74) is 1.81. The molecule has 0 amide bonds. The molecule has 0 aromatic carbocycles. The van der Waals surface area contributed by atoms with Crippen LogP contribution >= 0.6 is 0 Å². The normalized spacial score (nSPS) is 10.7. The standard InChI is InChI=1S/C5H4N2OSe/c8-5-6-3-1-9-2-4(3)7-5/h1-2H,(H2,6,7,8). The second-order valence-corrected chi connectivity index (χ2v) is 3.34. The second-order valence-electron chi connectivity index (χ2n) is 1.78. The van der Waals surface area contributed by atoms with E-state index < -0.39 is 0 Å². The number of aromatic amines is 2. The van der Waals surface area contributed by atoms with E-state index in [4.69, 9.17) is 0 Å². The number of nitrogens with one attached hydrogen (secondary N) is 2. The molecule has 2 heterocycles. The summed E-state index contributed by atoms with van der Waals surface area (Å²) in [4.78, 5) is 20.0. The number of imidazole rings is 1. The molecule has 3 nitrogen and oxygen atoms in total. The zero-order valence-corrected chi connectivity index (χ0v) is 6.18. The van der Waals surface area contributed by atoms with Gasteiger partial charge in [-0.25, -0.2) is 0 Å². The van der Waals surface area contributed by atoms with Crippen LogP contribution in [0, 0.1) is 0 Å². The zero-order chi connectivity index (χ0) is 6.27. The number of fused-ring (bicyclic) bond motifs is 1. The molecule has 2 N–H and O–H groups in total. The van der Waals surface area contributed by atoms with Gasteiger partial charge >= 0.3 is 55.9 Å². The van der Waals surface area contributed by atoms with Gasteiger partial charge in [0.15, 0.2) is 0 Å². The van der Waals surface area contributed by atoms with Crippen LogP contribution in [-0.4, -0.2) is 24.5 Å². The molecule has 9 heavy (non-hydrogen) atoms. The third kappa shape index (κ3) is 0.677. The number of aromatic nitrogens is 2. The fourth-order valence-corrected chi connectivity index (χ4v) is 2.26. The molecule has 2 aromatic rings. The first-order valence-corrected chi connectivity index (χ1v) is 4.48. The third-order valence-electron chi connectivity index (χ3n) is 1.16. The molecule has 0 atom stereocenters. The summed E-state index contributed by atoms with van der Waals surface area (Å²) in [7, 11) is 0. The molecule has 46 valence electrons. The number of hydrogen-bond donors (Lipinski definition) is 2. The van der Waals surface area contributed by atoms with Crippen molar-refractivity contribution in [3.8, 4) is 0 Å². The summed E-state index contributed by atoms with van der Waals surface area (Å²) in [5.74, 6) is 0. The summed E-state index contributed by atoms with van der Waals surface area (Å²) in [5, 5.41) is 0. The molecule has 0 unspecified atom stereocenters. The van der Waals surface area contributed by atoms with Crippen molar-refractivity contribution in [3.05, 3.63) is 20.4 Å². The van der Waals surface area contributed by atoms with Crippen LogP contribution in [0.2, 0.25) is 0 Å². The van der Waals surface area contributed by atoms with Crippen molar-refractivity contribution in [1.29, 1.82) is 0 Å². The predicted octanol–water partition coefficient (Wildman–Crippen LogP) is -0.0868. The SMILES string of the molecule is O=c1[nH]c2c[se]cc2[nH]1. The Morgan fingerprint density at radius 3 is 2.33 bits per heavy atom. The van der Waals surface area contributed by atoms with E-state index in [2.05, 4.69) is 9.97 Å². The van der Waals surface area contributed by atoms with Gasteiger partial charge in [-0.1, -0.05) is 0 Å². The van der Waals surface area contributed by atoms with E-state index in [1.54, 1.807) is 0 Å². The molecular weight excluding hydrogens is 183 g/mol. The van der Waals surface area contributed by atoms with Crippen molar-refractivity contribution in [2.24, 2.45) is 0 Å². The Morgan fingerprint density at radius 1 is 1.22 bits per heavy atom. The Balaban J connectivity index is 3.08. The molecule has 0 fully saturated rings. The Hall–Kier alpha value is -0.731. The Labute approximate surface area is 56.5 Å². The van der Waals surface area contributed by atoms with Crippen LogP contribution < -0.4 is 5.69 Å². The molecule has 0 radical (unpaired) electrons. The van der Waals surface area contributed by atoms with Crippen LogP contribution in [0.15, 0.2) is 14.7 Å². The molecule has 0 bridgehead atoms. The van der Waals surface area contributed by atoms with E-state index >= 15 is 0 Å². The summed E-state index contributed by atoms with van der Waals surface area (Å²) < 4.78 is 0. The van der Waals surface area contributed by atoms with Crippen LogP contribution in [0.3, 0.4) is 0 Å². The van der Waals surface area contributed by atoms with Gasteiger partial charge < -0.3 is 0 Å². The first-order chi connectivity index (χ1) is 4.36. The number of hydrogen-bond acceptors (Lipinski definition) is 1. The summed E-state index contributed by atoms with van der Waals surface area (Å²) >= 11 is 0.450. The summed E-state index contributed by atoms with van der Waals surface area (Å²) in [6.07, 6.45) is 0. The van der Waals surface area contributed by atoms with Crippen molar-refractivity contribution < 1.29 is 0 Å². The van der Waals surface area contributed by atoms with E-state index in [9.17, 15) is 4.79 Å². The quantitative estimate of drug-likeness (QED) is 0.556. The second kappa shape index (κ2) is 1.62. The summed E-state index contributed by atoms with van der Waals surface area (Å²) in [6.45, 7) is 0. The average Bonchev–Trinajstić information content (AvgIpc) is 2.22. The molecule has 2 rings (SSSR count). The first kappa shape index (κ1) is 5.09. The Morgan fingerprint density at radius 2 is 1.78 bits per heavy atom. The maximum absolute atomic E-state index is 10.6. The van der Waals surface area contributed by atoms with Crippen LogP contribution in [0.25, 0.3) is 11.0 Å². The van der Waals surface area contributed by atoms with Gasteiger partial charge in [0, 0.05) is 0 Å². The molecule has 4 heteroatoms. The number of rotatable bonds is 0. The minimum atomic E-state index is -0.108. The number of H-pyrrole nitrogens is 2. The molecule has 2 aromatic heterocycles. The van der Waals surface area contributed by atoms with Crippen LogP contribution in [0.5, 0.6) is 0 Å².